The van der Waals surface area contributed by atoms with Gasteiger partial charge in [0.15, 0.2) is 5.16 Å². The molecule has 1 aliphatic carbocycles. The molecule has 0 saturated heterocycles. The number of thioether (sulfide) groups is 1. The molecule has 6 heteroatoms. The molecule has 4 rings (SSSR count). The van der Waals surface area contributed by atoms with E-state index in [1.165, 1.54) is 5.56 Å². The Bertz CT molecular complexity index is 954. The average Bonchev–Trinajstić information content (AvgIpc) is 3.13. The third-order valence-corrected chi connectivity index (χ3v) is 6.32. The van der Waals surface area contributed by atoms with Crippen LogP contribution >= 0.6 is 11.8 Å². The first kappa shape index (κ1) is 19.7. The number of rotatable bonds is 7. The number of hydrogen-bond acceptors (Lipinski definition) is 5. The van der Waals surface area contributed by atoms with Crippen molar-refractivity contribution in [3.05, 3.63) is 66.0 Å². The molecule has 2 aromatic carbocycles. The number of benzene rings is 2. The maximum Gasteiger partial charge on any atom is 0.196 e. The number of aromatic nitrogens is 3. The van der Waals surface area contributed by atoms with E-state index in [0.717, 1.165) is 41.7 Å². The third-order valence-electron chi connectivity index (χ3n) is 5.06. The molecule has 1 fully saturated rings. The number of carbonyl (C=O) groups excluding carboxylic acids is 1. The molecule has 1 aromatic heterocycles. The minimum Gasteiger partial charge on any atom is -0.494 e. The first-order valence-corrected chi connectivity index (χ1v) is 11.0. The Kier molecular flexibility index (Phi) is 6.30. The number of nitrogens with zero attached hydrogens (tertiary/aromatic N) is 3. The highest BCUT2D eigenvalue weighted by Crippen LogP contribution is 2.33. The zero-order chi connectivity index (χ0) is 20.1. The zero-order valence-corrected chi connectivity index (χ0v) is 17.4. The van der Waals surface area contributed by atoms with Gasteiger partial charge in [-0.1, -0.05) is 48.5 Å². The van der Waals surface area contributed by atoms with Gasteiger partial charge in [0.25, 0.3) is 0 Å². The maximum absolute atomic E-state index is 12.4. The van der Waals surface area contributed by atoms with Crippen molar-refractivity contribution >= 4 is 17.5 Å². The molecule has 0 N–H and O–H groups in total. The largest absolute Gasteiger partial charge is 0.494 e. The lowest BCUT2D eigenvalue weighted by Gasteiger charge is -2.20. The SMILES string of the molecule is CCOc1ccc(-n2c(Cc3ccccc3)nnc2SC2CCCCC2=O)cc1. The Hall–Kier alpha value is -2.60. The van der Waals surface area contributed by atoms with Crippen molar-refractivity contribution in [2.24, 2.45) is 0 Å². The van der Waals surface area contributed by atoms with Crippen LogP contribution in [-0.4, -0.2) is 32.4 Å². The molecule has 150 valence electrons. The molecule has 1 aliphatic rings. The smallest absolute Gasteiger partial charge is 0.196 e. The molecule has 0 amide bonds. The van der Waals surface area contributed by atoms with Gasteiger partial charge in [0.2, 0.25) is 0 Å². The Labute approximate surface area is 175 Å². The van der Waals surface area contributed by atoms with Crippen LogP contribution in [0.15, 0.2) is 59.8 Å². The van der Waals surface area contributed by atoms with Crippen molar-refractivity contribution in [2.45, 2.75) is 49.4 Å². The Morgan fingerprint density at radius 2 is 1.86 bits per heavy atom. The fourth-order valence-electron chi connectivity index (χ4n) is 3.59. The van der Waals surface area contributed by atoms with Crippen LogP contribution < -0.4 is 4.74 Å². The van der Waals surface area contributed by atoms with E-state index in [-0.39, 0.29) is 5.25 Å². The van der Waals surface area contributed by atoms with Gasteiger partial charge in [-0.05, 0) is 49.6 Å². The zero-order valence-electron chi connectivity index (χ0n) is 16.6. The number of ketones is 1. The molecule has 1 unspecified atom stereocenters. The summed E-state index contributed by atoms with van der Waals surface area (Å²) in [6.07, 6.45) is 4.36. The maximum atomic E-state index is 12.4. The predicted octanol–water partition coefficient (Wildman–Crippen LogP) is 4.86. The fraction of sp³-hybridized carbons (Fsp3) is 0.348. The van der Waals surface area contributed by atoms with Crippen molar-refractivity contribution in [3.8, 4) is 11.4 Å². The monoisotopic (exact) mass is 407 g/mol. The van der Waals surface area contributed by atoms with Crippen LogP contribution in [0.2, 0.25) is 0 Å². The molecular formula is C23H25N3O2S. The highest BCUT2D eigenvalue weighted by Gasteiger charge is 2.26. The fourth-order valence-corrected chi connectivity index (χ4v) is 4.78. The molecule has 0 spiro atoms. The summed E-state index contributed by atoms with van der Waals surface area (Å²) in [5, 5.41) is 9.70. The van der Waals surface area contributed by atoms with Crippen LogP contribution in [0.4, 0.5) is 0 Å². The van der Waals surface area contributed by atoms with E-state index < -0.39 is 0 Å². The number of Topliss-reactive ketones (excluding diaryl/α,β-unsaturated/α-hetero) is 1. The van der Waals surface area contributed by atoms with Crippen LogP contribution in [0.25, 0.3) is 5.69 Å². The van der Waals surface area contributed by atoms with E-state index in [1.54, 1.807) is 11.8 Å². The summed E-state index contributed by atoms with van der Waals surface area (Å²) >= 11 is 1.55. The predicted molar refractivity (Wildman–Crippen MR) is 115 cm³/mol. The van der Waals surface area contributed by atoms with E-state index in [4.69, 9.17) is 4.74 Å². The molecule has 0 radical (unpaired) electrons. The Morgan fingerprint density at radius 1 is 1.07 bits per heavy atom. The van der Waals surface area contributed by atoms with E-state index in [9.17, 15) is 4.79 Å². The highest BCUT2D eigenvalue weighted by atomic mass is 32.2. The number of ether oxygens (including phenoxy) is 1. The van der Waals surface area contributed by atoms with Gasteiger partial charge in [-0.2, -0.15) is 0 Å². The Morgan fingerprint density at radius 3 is 2.59 bits per heavy atom. The van der Waals surface area contributed by atoms with E-state index in [0.29, 0.717) is 25.2 Å². The number of carbonyl (C=O) groups is 1. The van der Waals surface area contributed by atoms with Gasteiger partial charge in [-0.25, -0.2) is 0 Å². The van der Waals surface area contributed by atoms with Gasteiger partial charge in [0.05, 0.1) is 11.9 Å². The van der Waals surface area contributed by atoms with Crippen LogP contribution in [0.1, 0.15) is 44.0 Å². The normalized spacial score (nSPS) is 16.7. The summed E-state index contributed by atoms with van der Waals surface area (Å²) in [6.45, 7) is 2.61. The van der Waals surface area contributed by atoms with Crippen molar-refractivity contribution in [1.29, 1.82) is 0 Å². The van der Waals surface area contributed by atoms with E-state index in [1.807, 2.05) is 49.4 Å². The van der Waals surface area contributed by atoms with Crippen LogP contribution in [0, 0.1) is 0 Å². The van der Waals surface area contributed by atoms with Gasteiger partial charge in [0.1, 0.15) is 17.4 Å². The quantitative estimate of drug-likeness (QED) is 0.560. The second kappa shape index (κ2) is 9.27. The molecule has 1 saturated carbocycles. The summed E-state index contributed by atoms with van der Waals surface area (Å²) < 4.78 is 7.66. The number of hydrogen-bond donors (Lipinski definition) is 0. The van der Waals surface area contributed by atoms with E-state index in [2.05, 4.69) is 26.9 Å². The average molecular weight is 408 g/mol. The summed E-state index contributed by atoms with van der Waals surface area (Å²) in [7, 11) is 0. The minimum absolute atomic E-state index is 0.0287. The van der Waals surface area contributed by atoms with Crippen molar-refractivity contribution in [3.63, 3.8) is 0 Å². The Balaban J connectivity index is 1.68. The molecule has 0 aliphatic heterocycles. The van der Waals surface area contributed by atoms with Gasteiger partial charge >= 0.3 is 0 Å². The minimum atomic E-state index is -0.0287. The molecule has 3 aromatic rings. The van der Waals surface area contributed by atoms with Gasteiger partial charge in [0, 0.05) is 18.5 Å². The first-order chi connectivity index (χ1) is 14.2. The van der Waals surface area contributed by atoms with Crippen molar-refractivity contribution in [2.75, 3.05) is 6.61 Å². The standard InChI is InChI=1S/C23H25N3O2S/c1-2-28-19-14-12-18(13-15-19)26-22(16-17-8-4-3-5-9-17)24-25-23(26)29-21-11-7-6-10-20(21)27/h3-5,8-9,12-15,21H,2,6-7,10-11,16H2,1H3. The summed E-state index contributed by atoms with van der Waals surface area (Å²) in [5.41, 5.74) is 2.16. The topological polar surface area (TPSA) is 57.0 Å². The molecule has 5 nitrogen and oxygen atoms in total. The second-order valence-corrected chi connectivity index (χ2v) is 8.31. The van der Waals surface area contributed by atoms with Crippen LogP contribution in [0.5, 0.6) is 5.75 Å². The molecule has 29 heavy (non-hydrogen) atoms. The second-order valence-electron chi connectivity index (χ2n) is 7.14. The first-order valence-electron chi connectivity index (χ1n) is 10.2. The summed E-state index contributed by atoms with van der Waals surface area (Å²) in [5.74, 6) is 2.03. The molecule has 1 atom stereocenters. The highest BCUT2D eigenvalue weighted by molar-refractivity contribution is 8.00. The van der Waals surface area contributed by atoms with Crippen LogP contribution in [0.3, 0.4) is 0 Å². The third kappa shape index (κ3) is 4.70. The summed E-state index contributed by atoms with van der Waals surface area (Å²) in [4.78, 5) is 12.4. The lowest BCUT2D eigenvalue weighted by Crippen LogP contribution is -2.21. The van der Waals surface area contributed by atoms with Crippen molar-refractivity contribution in [1.82, 2.24) is 14.8 Å². The summed E-state index contributed by atoms with van der Waals surface area (Å²) in [6, 6.07) is 18.2. The van der Waals surface area contributed by atoms with E-state index >= 15 is 0 Å². The van der Waals surface area contributed by atoms with Gasteiger partial charge in [-0.3, -0.25) is 9.36 Å². The molecule has 1 heterocycles. The molecular weight excluding hydrogens is 382 g/mol. The van der Waals surface area contributed by atoms with Crippen molar-refractivity contribution < 1.29 is 9.53 Å². The van der Waals surface area contributed by atoms with Gasteiger partial charge in [-0.15, -0.1) is 10.2 Å². The lowest BCUT2D eigenvalue weighted by molar-refractivity contribution is -0.119. The lowest BCUT2D eigenvalue weighted by atomic mass is 9.99. The van der Waals surface area contributed by atoms with Crippen LogP contribution in [-0.2, 0) is 11.2 Å². The van der Waals surface area contributed by atoms with Gasteiger partial charge < -0.3 is 4.74 Å². The molecule has 0 bridgehead atoms.